The predicted molar refractivity (Wildman–Crippen MR) is 82.9 cm³/mol. The highest BCUT2D eigenvalue weighted by Crippen LogP contribution is 2.32. The Kier molecular flexibility index (Phi) is 4.49. The van der Waals surface area contributed by atoms with E-state index in [1.165, 1.54) is 17.0 Å². The summed E-state index contributed by atoms with van der Waals surface area (Å²) >= 11 is 0. The number of halogens is 3. The first-order valence-electron chi connectivity index (χ1n) is 7.94. The van der Waals surface area contributed by atoms with Crippen LogP contribution in [0.2, 0.25) is 0 Å². The van der Waals surface area contributed by atoms with Gasteiger partial charge in [-0.05, 0) is 19.8 Å². The smallest absolute Gasteiger partial charge is 0.337 e. The second-order valence-electron chi connectivity index (χ2n) is 6.23. The van der Waals surface area contributed by atoms with Gasteiger partial charge >= 0.3 is 6.18 Å². The summed E-state index contributed by atoms with van der Waals surface area (Å²) in [5.74, 6) is -0.153. The van der Waals surface area contributed by atoms with Crippen molar-refractivity contribution in [1.29, 1.82) is 0 Å². The first kappa shape index (κ1) is 17.4. The Morgan fingerprint density at radius 1 is 1.28 bits per heavy atom. The summed E-state index contributed by atoms with van der Waals surface area (Å²) in [5.41, 5.74) is 0.0423. The molecule has 0 spiro atoms. The summed E-state index contributed by atoms with van der Waals surface area (Å²) in [7, 11) is 1.55. The molecular formula is C16H18F3N5O. The third-order valence-corrected chi connectivity index (χ3v) is 4.28. The van der Waals surface area contributed by atoms with E-state index < -0.39 is 11.9 Å². The Bertz CT molecular complexity index is 769. The van der Waals surface area contributed by atoms with Crippen LogP contribution in [0, 0.1) is 6.92 Å². The molecule has 0 aromatic carbocycles. The number of imidazole rings is 1. The molecule has 25 heavy (non-hydrogen) atoms. The van der Waals surface area contributed by atoms with Gasteiger partial charge in [0.2, 0.25) is 0 Å². The van der Waals surface area contributed by atoms with Gasteiger partial charge in [0.15, 0.2) is 5.69 Å². The Morgan fingerprint density at radius 3 is 2.64 bits per heavy atom. The van der Waals surface area contributed by atoms with Crippen molar-refractivity contribution >= 4 is 5.91 Å². The minimum absolute atomic E-state index is 0.238. The van der Waals surface area contributed by atoms with E-state index in [1.54, 1.807) is 18.9 Å². The molecule has 0 unspecified atom stereocenters. The zero-order chi connectivity index (χ0) is 18.2. The number of hydrogen-bond acceptors (Lipinski definition) is 4. The largest absolute Gasteiger partial charge is 0.434 e. The van der Waals surface area contributed by atoms with Crippen LogP contribution in [0.25, 0.3) is 0 Å². The molecule has 1 aliphatic heterocycles. The lowest BCUT2D eigenvalue weighted by molar-refractivity contribution is -0.141. The van der Waals surface area contributed by atoms with Crippen molar-refractivity contribution in [1.82, 2.24) is 24.4 Å². The van der Waals surface area contributed by atoms with Gasteiger partial charge in [0.05, 0.1) is 11.9 Å². The number of likely N-dealkylation sites (tertiary alicyclic amines) is 1. The Labute approximate surface area is 142 Å². The minimum Gasteiger partial charge on any atom is -0.337 e. The number of aryl methyl sites for hydroxylation is 2. The molecule has 3 heterocycles. The molecule has 0 radical (unpaired) electrons. The van der Waals surface area contributed by atoms with Crippen LogP contribution in [-0.2, 0) is 13.2 Å². The molecule has 1 saturated heterocycles. The van der Waals surface area contributed by atoms with E-state index >= 15 is 0 Å². The number of piperidine rings is 1. The molecule has 1 aliphatic rings. The molecular weight excluding hydrogens is 335 g/mol. The van der Waals surface area contributed by atoms with Crippen LogP contribution in [0.15, 0.2) is 18.6 Å². The third kappa shape index (κ3) is 3.64. The van der Waals surface area contributed by atoms with Gasteiger partial charge in [-0.3, -0.25) is 9.78 Å². The summed E-state index contributed by atoms with van der Waals surface area (Å²) in [6, 6.07) is 0. The number of hydrogen-bond donors (Lipinski definition) is 0. The maximum atomic E-state index is 12.9. The molecule has 3 rings (SSSR count). The van der Waals surface area contributed by atoms with E-state index in [-0.39, 0.29) is 17.5 Å². The molecule has 9 heteroatoms. The SMILES string of the molecule is Cc1cnc(C(=O)N2CCC[C@H](c3nc(C(F)(F)F)cn3C)C2)cn1. The summed E-state index contributed by atoms with van der Waals surface area (Å²) in [6.45, 7) is 2.63. The van der Waals surface area contributed by atoms with E-state index in [2.05, 4.69) is 15.0 Å². The fraction of sp³-hybridized carbons (Fsp3) is 0.500. The van der Waals surface area contributed by atoms with E-state index in [0.717, 1.165) is 6.20 Å². The lowest BCUT2D eigenvalue weighted by Crippen LogP contribution is -2.40. The number of aromatic nitrogens is 4. The topological polar surface area (TPSA) is 63.9 Å². The minimum atomic E-state index is -4.47. The van der Waals surface area contributed by atoms with E-state index in [9.17, 15) is 18.0 Å². The van der Waals surface area contributed by atoms with Gasteiger partial charge in [0.1, 0.15) is 11.5 Å². The van der Waals surface area contributed by atoms with Crippen LogP contribution in [0.5, 0.6) is 0 Å². The fourth-order valence-electron chi connectivity index (χ4n) is 3.03. The predicted octanol–water partition coefficient (Wildman–Crippen LogP) is 2.56. The van der Waals surface area contributed by atoms with Crippen LogP contribution in [0.1, 0.15) is 46.5 Å². The first-order valence-corrected chi connectivity index (χ1v) is 7.94. The fourth-order valence-corrected chi connectivity index (χ4v) is 3.03. The molecule has 6 nitrogen and oxygen atoms in total. The lowest BCUT2D eigenvalue weighted by Gasteiger charge is -2.32. The van der Waals surface area contributed by atoms with E-state index in [4.69, 9.17) is 0 Å². The molecule has 1 atom stereocenters. The third-order valence-electron chi connectivity index (χ3n) is 4.28. The normalized spacial score (nSPS) is 18.4. The maximum absolute atomic E-state index is 12.9. The van der Waals surface area contributed by atoms with Crippen LogP contribution >= 0.6 is 0 Å². The summed E-state index contributed by atoms with van der Waals surface area (Å²) in [5, 5.41) is 0. The molecule has 134 valence electrons. The highest BCUT2D eigenvalue weighted by Gasteiger charge is 2.36. The van der Waals surface area contributed by atoms with Gasteiger partial charge in [-0.15, -0.1) is 0 Å². The average molecular weight is 353 g/mol. The summed E-state index contributed by atoms with van der Waals surface area (Å²) in [4.78, 5) is 26.1. The Balaban J connectivity index is 1.78. The zero-order valence-electron chi connectivity index (χ0n) is 13.9. The molecule has 2 aromatic heterocycles. The quantitative estimate of drug-likeness (QED) is 0.832. The second-order valence-corrected chi connectivity index (χ2v) is 6.23. The molecule has 0 aliphatic carbocycles. The van der Waals surface area contributed by atoms with Crippen LogP contribution in [-0.4, -0.2) is 43.4 Å². The molecule has 0 N–H and O–H groups in total. The Morgan fingerprint density at radius 2 is 2.04 bits per heavy atom. The highest BCUT2D eigenvalue weighted by atomic mass is 19.4. The van der Waals surface area contributed by atoms with Crippen LogP contribution in [0.3, 0.4) is 0 Å². The molecule has 0 bridgehead atoms. The van der Waals surface area contributed by atoms with Crippen molar-refractivity contribution in [3.8, 4) is 0 Å². The number of carbonyl (C=O) groups excluding carboxylic acids is 1. The number of amides is 1. The molecule has 0 saturated carbocycles. The van der Waals surface area contributed by atoms with Gasteiger partial charge < -0.3 is 9.47 Å². The van der Waals surface area contributed by atoms with Crippen molar-refractivity contribution < 1.29 is 18.0 Å². The van der Waals surface area contributed by atoms with Crippen molar-refractivity contribution in [2.75, 3.05) is 13.1 Å². The Hall–Kier alpha value is -2.45. The van der Waals surface area contributed by atoms with Gasteiger partial charge in [-0.2, -0.15) is 13.2 Å². The van der Waals surface area contributed by atoms with Gasteiger partial charge in [0, 0.05) is 38.4 Å². The van der Waals surface area contributed by atoms with Crippen molar-refractivity contribution in [2.24, 2.45) is 7.05 Å². The maximum Gasteiger partial charge on any atom is 0.434 e. The average Bonchev–Trinajstić information content (AvgIpc) is 2.97. The van der Waals surface area contributed by atoms with Gasteiger partial charge in [-0.25, -0.2) is 9.97 Å². The monoisotopic (exact) mass is 353 g/mol. The zero-order valence-corrected chi connectivity index (χ0v) is 13.9. The summed E-state index contributed by atoms with van der Waals surface area (Å²) < 4.78 is 40.0. The molecule has 1 fully saturated rings. The molecule has 2 aromatic rings. The van der Waals surface area contributed by atoms with Crippen LogP contribution < -0.4 is 0 Å². The van der Waals surface area contributed by atoms with Gasteiger partial charge in [-0.1, -0.05) is 0 Å². The number of alkyl halides is 3. The number of carbonyl (C=O) groups is 1. The number of nitrogens with zero attached hydrogens (tertiary/aromatic N) is 5. The van der Waals surface area contributed by atoms with E-state index in [1.807, 2.05) is 0 Å². The molecule has 1 amide bonds. The van der Waals surface area contributed by atoms with Gasteiger partial charge in [0.25, 0.3) is 5.91 Å². The van der Waals surface area contributed by atoms with Crippen molar-refractivity contribution in [2.45, 2.75) is 31.9 Å². The first-order chi connectivity index (χ1) is 11.8. The number of rotatable bonds is 2. The second kappa shape index (κ2) is 6.45. The van der Waals surface area contributed by atoms with E-state index in [0.29, 0.717) is 37.4 Å². The standard InChI is InChI=1S/C16H18F3N5O/c1-10-6-21-12(7-20-10)15(25)24-5-3-4-11(8-24)14-22-13(9-23(14)2)16(17,18)19/h6-7,9,11H,3-5,8H2,1-2H3/t11-/m0/s1. The highest BCUT2D eigenvalue weighted by molar-refractivity contribution is 5.92. The van der Waals surface area contributed by atoms with Crippen LogP contribution in [0.4, 0.5) is 13.2 Å². The van der Waals surface area contributed by atoms with Crippen molar-refractivity contribution in [3.05, 3.63) is 41.5 Å². The summed E-state index contributed by atoms with van der Waals surface area (Å²) in [6.07, 6.45) is 0.835. The lowest BCUT2D eigenvalue weighted by atomic mass is 9.97. The van der Waals surface area contributed by atoms with Crippen molar-refractivity contribution in [3.63, 3.8) is 0 Å².